The molecule has 0 bridgehead atoms. The number of carbonyl (C=O) groups excluding carboxylic acids is 2. The number of anilines is 1. The molecule has 2 aromatic rings. The highest BCUT2D eigenvalue weighted by Gasteiger charge is 2.39. The van der Waals surface area contributed by atoms with Crippen LogP contribution in [-0.2, 0) is 20.9 Å². The van der Waals surface area contributed by atoms with Crippen LogP contribution in [0.15, 0.2) is 30.5 Å². The minimum absolute atomic E-state index is 0.101. The second kappa shape index (κ2) is 10.8. The van der Waals surface area contributed by atoms with Crippen LogP contribution in [-0.4, -0.2) is 57.9 Å². The van der Waals surface area contributed by atoms with Crippen molar-refractivity contribution in [3.8, 4) is 0 Å². The second-order valence-electron chi connectivity index (χ2n) is 9.31. The number of aromatic nitrogens is 1. The number of hydrogen-bond acceptors (Lipinski definition) is 6. The van der Waals surface area contributed by atoms with E-state index in [1.54, 1.807) is 11.1 Å². The number of carboxylic acids is 1. The predicted octanol–water partition coefficient (Wildman–Crippen LogP) is 2.05. The van der Waals surface area contributed by atoms with Gasteiger partial charge in [0.05, 0.1) is 12.6 Å². The van der Waals surface area contributed by atoms with E-state index in [2.05, 4.69) is 15.6 Å². The molecule has 2 amide bonds. The highest BCUT2D eigenvalue weighted by Crippen LogP contribution is 2.29. The number of carboxylic acid groups (broad SMARTS) is 1. The zero-order valence-electron chi connectivity index (χ0n) is 19.3. The molecule has 1 aliphatic carbocycles. The van der Waals surface area contributed by atoms with E-state index in [4.69, 9.17) is 10.8 Å². The van der Waals surface area contributed by atoms with Crippen molar-refractivity contribution in [1.29, 1.82) is 0 Å². The first-order valence-electron chi connectivity index (χ1n) is 12.1. The van der Waals surface area contributed by atoms with E-state index in [1.165, 1.54) is 0 Å². The van der Waals surface area contributed by atoms with Gasteiger partial charge in [0, 0.05) is 24.7 Å². The summed E-state index contributed by atoms with van der Waals surface area (Å²) in [6, 6.07) is 6.56. The van der Waals surface area contributed by atoms with Gasteiger partial charge in [0.15, 0.2) is 0 Å². The van der Waals surface area contributed by atoms with E-state index in [9.17, 15) is 14.4 Å². The number of nitrogens with one attached hydrogen (secondary N) is 2. The van der Waals surface area contributed by atoms with Gasteiger partial charge in [-0.3, -0.25) is 19.7 Å². The summed E-state index contributed by atoms with van der Waals surface area (Å²) in [7, 11) is 0. The van der Waals surface area contributed by atoms with Gasteiger partial charge in [-0.25, -0.2) is 4.98 Å². The number of aliphatic carboxylic acids is 1. The molecule has 1 saturated heterocycles. The third-order valence-corrected chi connectivity index (χ3v) is 7.03. The van der Waals surface area contributed by atoms with Gasteiger partial charge in [0.2, 0.25) is 11.8 Å². The van der Waals surface area contributed by atoms with Crippen LogP contribution in [0.4, 0.5) is 5.82 Å². The number of rotatable bonds is 8. The standard InChI is InChI=1S/C25H33N5O4/c26-23-19-9-8-16(13-18(19)10-11-27-23)14-29-24(33)20-7-4-12-30(20)25(34)22(28-15-21(31)32)17-5-2-1-3-6-17/h8-11,13,17,20,22,28H,1-7,12,14-15H2,(H2,26,27)(H,29,33)(H,31,32). The lowest BCUT2D eigenvalue weighted by atomic mass is 9.83. The van der Waals surface area contributed by atoms with E-state index >= 15 is 0 Å². The first-order valence-corrected chi connectivity index (χ1v) is 12.1. The number of hydrogen-bond donors (Lipinski definition) is 4. The Labute approximate surface area is 199 Å². The molecule has 2 heterocycles. The van der Waals surface area contributed by atoms with E-state index in [1.807, 2.05) is 24.3 Å². The number of pyridine rings is 1. The largest absolute Gasteiger partial charge is 0.480 e. The van der Waals surface area contributed by atoms with Crippen LogP contribution < -0.4 is 16.4 Å². The van der Waals surface area contributed by atoms with Crippen LogP contribution in [0.2, 0.25) is 0 Å². The summed E-state index contributed by atoms with van der Waals surface area (Å²) >= 11 is 0. The Kier molecular flexibility index (Phi) is 7.62. The number of nitrogen functional groups attached to an aromatic ring is 1. The topological polar surface area (TPSA) is 138 Å². The summed E-state index contributed by atoms with van der Waals surface area (Å²) in [4.78, 5) is 43.5. The van der Waals surface area contributed by atoms with Crippen molar-refractivity contribution in [2.45, 2.75) is 63.6 Å². The van der Waals surface area contributed by atoms with Gasteiger partial charge in [0.1, 0.15) is 11.9 Å². The third-order valence-electron chi connectivity index (χ3n) is 7.03. The average molecular weight is 468 g/mol. The van der Waals surface area contributed by atoms with Crippen molar-refractivity contribution in [1.82, 2.24) is 20.5 Å². The van der Waals surface area contributed by atoms with Crippen LogP contribution in [0, 0.1) is 5.92 Å². The second-order valence-corrected chi connectivity index (χ2v) is 9.31. The van der Waals surface area contributed by atoms with Gasteiger partial charge in [-0.1, -0.05) is 31.4 Å². The molecule has 2 atom stereocenters. The monoisotopic (exact) mass is 467 g/mol. The number of nitrogens with zero attached hydrogens (tertiary/aromatic N) is 2. The molecule has 1 aromatic heterocycles. The molecule has 34 heavy (non-hydrogen) atoms. The lowest BCUT2D eigenvalue weighted by Gasteiger charge is -2.34. The van der Waals surface area contributed by atoms with Crippen LogP contribution in [0.5, 0.6) is 0 Å². The molecule has 4 rings (SSSR count). The Morgan fingerprint density at radius 2 is 1.91 bits per heavy atom. The summed E-state index contributed by atoms with van der Waals surface area (Å²) in [6.45, 7) is 0.593. The number of nitrogens with two attached hydrogens (primary N) is 1. The lowest BCUT2D eigenvalue weighted by Crippen LogP contribution is -2.55. The Hall–Kier alpha value is -3.20. The molecule has 182 valence electrons. The first kappa shape index (κ1) is 23.9. The van der Waals surface area contributed by atoms with Crippen molar-refractivity contribution >= 4 is 34.4 Å². The van der Waals surface area contributed by atoms with E-state index in [0.29, 0.717) is 25.3 Å². The fourth-order valence-corrected chi connectivity index (χ4v) is 5.27. The van der Waals surface area contributed by atoms with E-state index < -0.39 is 18.1 Å². The minimum Gasteiger partial charge on any atom is -0.480 e. The maximum atomic E-state index is 13.5. The molecular weight excluding hydrogens is 434 g/mol. The van der Waals surface area contributed by atoms with Crippen molar-refractivity contribution in [2.75, 3.05) is 18.8 Å². The zero-order chi connectivity index (χ0) is 24.1. The number of likely N-dealkylation sites (tertiary alicyclic amines) is 1. The molecule has 1 aromatic carbocycles. The van der Waals surface area contributed by atoms with Gasteiger partial charge in [0.25, 0.3) is 0 Å². The van der Waals surface area contributed by atoms with Gasteiger partial charge >= 0.3 is 5.97 Å². The van der Waals surface area contributed by atoms with Crippen molar-refractivity contribution in [3.63, 3.8) is 0 Å². The Balaban J connectivity index is 1.42. The number of benzene rings is 1. The molecule has 2 fully saturated rings. The molecule has 1 saturated carbocycles. The molecule has 2 aliphatic rings. The van der Waals surface area contributed by atoms with Crippen molar-refractivity contribution in [3.05, 3.63) is 36.0 Å². The van der Waals surface area contributed by atoms with Crippen molar-refractivity contribution < 1.29 is 19.5 Å². The van der Waals surface area contributed by atoms with E-state index in [0.717, 1.165) is 54.9 Å². The molecule has 2 unspecified atom stereocenters. The summed E-state index contributed by atoms with van der Waals surface area (Å²) in [5.41, 5.74) is 6.85. The average Bonchev–Trinajstić information content (AvgIpc) is 3.33. The fraction of sp³-hybridized carbons (Fsp3) is 0.520. The zero-order valence-corrected chi connectivity index (χ0v) is 19.3. The summed E-state index contributed by atoms with van der Waals surface area (Å²) in [5, 5.41) is 16.9. The van der Waals surface area contributed by atoms with Gasteiger partial charge in [-0.05, 0) is 54.7 Å². The molecule has 9 heteroatoms. The van der Waals surface area contributed by atoms with Crippen LogP contribution in [0.1, 0.15) is 50.5 Å². The molecule has 0 spiro atoms. The number of fused-ring (bicyclic) bond motifs is 1. The molecule has 0 radical (unpaired) electrons. The first-order chi connectivity index (χ1) is 16.4. The summed E-state index contributed by atoms with van der Waals surface area (Å²) in [5.74, 6) is -0.751. The smallest absolute Gasteiger partial charge is 0.317 e. The number of amides is 2. The number of carbonyl (C=O) groups is 3. The summed E-state index contributed by atoms with van der Waals surface area (Å²) in [6.07, 6.45) is 8.04. The predicted molar refractivity (Wildman–Crippen MR) is 129 cm³/mol. The minimum atomic E-state index is -0.989. The maximum Gasteiger partial charge on any atom is 0.317 e. The molecule has 9 nitrogen and oxygen atoms in total. The van der Waals surface area contributed by atoms with Gasteiger partial charge in [-0.15, -0.1) is 0 Å². The van der Waals surface area contributed by atoms with Gasteiger partial charge < -0.3 is 21.1 Å². The van der Waals surface area contributed by atoms with E-state index in [-0.39, 0.29) is 24.3 Å². The fourth-order valence-electron chi connectivity index (χ4n) is 5.27. The molecule has 1 aliphatic heterocycles. The van der Waals surface area contributed by atoms with Crippen LogP contribution >= 0.6 is 0 Å². The third kappa shape index (κ3) is 5.47. The SMILES string of the molecule is Nc1nccc2cc(CNC(=O)C3CCCN3C(=O)C(NCC(=O)O)C3CCCCC3)ccc12. The lowest BCUT2D eigenvalue weighted by molar-refractivity contribution is -0.142. The molecular formula is C25H33N5O4. The molecule has 5 N–H and O–H groups in total. The normalized spacial score (nSPS) is 19.8. The Bertz CT molecular complexity index is 1050. The quantitative estimate of drug-likeness (QED) is 0.466. The maximum absolute atomic E-state index is 13.5. The highest BCUT2D eigenvalue weighted by atomic mass is 16.4. The van der Waals surface area contributed by atoms with Crippen LogP contribution in [0.3, 0.4) is 0 Å². The van der Waals surface area contributed by atoms with Gasteiger partial charge in [-0.2, -0.15) is 0 Å². The van der Waals surface area contributed by atoms with Crippen molar-refractivity contribution in [2.24, 2.45) is 5.92 Å². The van der Waals surface area contributed by atoms with Crippen LogP contribution in [0.25, 0.3) is 10.8 Å². The highest BCUT2D eigenvalue weighted by molar-refractivity contribution is 5.92. The Morgan fingerprint density at radius 3 is 2.68 bits per heavy atom. The summed E-state index contributed by atoms with van der Waals surface area (Å²) < 4.78 is 0. The Morgan fingerprint density at radius 1 is 1.12 bits per heavy atom.